The van der Waals surface area contributed by atoms with Crippen LogP contribution in [0.4, 0.5) is 9.59 Å². The van der Waals surface area contributed by atoms with Crippen molar-refractivity contribution in [2.45, 2.75) is 52.4 Å². The molecule has 0 saturated heterocycles. The third kappa shape index (κ3) is 9.07. The molecule has 0 saturated carbocycles. The van der Waals surface area contributed by atoms with E-state index in [1.807, 2.05) is 18.2 Å². The summed E-state index contributed by atoms with van der Waals surface area (Å²) in [6.45, 7) is 8.52. The summed E-state index contributed by atoms with van der Waals surface area (Å²) in [5.41, 5.74) is -1.05. The Bertz CT molecular complexity index is 720. The Labute approximate surface area is 165 Å². The van der Waals surface area contributed by atoms with Crippen molar-refractivity contribution in [2.75, 3.05) is 7.11 Å². The molecule has 0 heterocycles. The highest BCUT2D eigenvalue weighted by Crippen LogP contribution is 2.12. The Kier molecular flexibility index (Phi) is 8.03. The first-order valence-electron chi connectivity index (χ1n) is 8.72. The maximum atomic E-state index is 12.0. The van der Waals surface area contributed by atoms with Gasteiger partial charge in [-0.2, -0.15) is 0 Å². The van der Waals surface area contributed by atoms with E-state index in [9.17, 15) is 14.4 Å². The smallest absolute Gasteiger partial charge is 0.412 e. The molecule has 8 nitrogen and oxygen atoms in total. The van der Waals surface area contributed by atoms with Crippen molar-refractivity contribution in [3.63, 3.8) is 0 Å². The minimum absolute atomic E-state index is 0.0423. The number of amides is 2. The average Bonchev–Trinajstić information content (AvgIpc) is 2.57. The van der Waals surface area contributed by atoms with Crippen LogP contribution in [0.25, 0.3) is 0 Å². The Morgan fingerprint density at radius 1 is 1.00 bits per heavy atom. The number of alkyl carbamates (subject to hydrolysis) is 2. The van der Waals surface area contributed by atoms with Gasteiger partial charge in [0.05, 0.1) is 12.6 Å². The lowest BCUT2D eigenvalue weighted by molar-refractivity contribution is -0.136. The van der Waals surface area contributed by atoms with Gasteiger partial charge in [-0.3, -0.25) is 5.32 Å². The molecule has 1 rings (SSSR count). The first-order valence-corrected chi connectivity index (χ1v) is 8.72. The summed E-state index contributed by atoms with van der Waals surface area (Å²) in [5, 5.41) is 4.96. The zero-order valence-corrected chi connectivity index (χ0v) is 17.1. The topological polar surface area (TPSA) is 103 Å². The van der Waals surface area contributed by atoms with Gasteiger partial charge in [-0.1, -0.05) is 30.3 Å². The van der Waals surface area contributed by atoms with Gasteiger partial charge in [-0.15, -0.1) is 0 Å². The standard InChI is InChI=1S/C20H28N2O6/c1-19(2,3)28-18(25)22-20(4,5)12-15(16(23)26-6)21-17(24)27-13-14-10-8-7-9-11-14/h7-12H,13H2,1-6H3,(H,21,24)(H,22,25)/b15-12+. The van der Waals surface area contributed by atoms with Gasteiger partial charge >= 0.3 is 18.2 Å². The van der Waals surface area contributed by atoms with Gasteiger partial charge in [0.2, 0.25) is 0 Å². The number of nitrogens with one attached hydrogen (secondary N) is 2. The van der Waals surface area contributed by atoms with Crippen LogP contribution in [0.3, 0.4) is 0 Å². The molecule has 8 heteroatoms. The zero-order chi connectivity index (χ0) is 21.4. The molecule has 2 amide bonds. The lowest BCUT2D eigenvalue weighted by Gasteiger charge is -2.26. The van der Waals surface area contributed by atoms with E-state index in [1.165, 1.54) is 13.2 Å². The lowest BCUT2D eigenvalue weighted by atomic mass is 10.0. The molecule has 0 aromatic heterocycles. The van der Waals surface area contributed by atoms with Crippen LogP contribution in [-0.4, -0.2) is 36.4 Å². The Hall–Kier alpha value is -3.03. The molecule has 0 atom stereocenters. The molecule has 0 radical (unpaired) electrons. The highest BCUT2D eigenvalue weighted by molar-refractivity contribution is 5.92. The number of carbonyl (C=O) groups excluding carboxylic acids is 3. The Morgan fingerprint density at radius 3 is 2.14 bits per heavy atom. The maximum absolute atomic E-state index is 12.0. The van der Waals surface area contributed by atoms with Crippen LogP contribution in [0.5, 0.6) is 0 Å². The van der Waals surface area contributed by atoms with Crippen LogP contribution >= 0.6 is 0 Å². The van der Waals surface area contributed by atoms with Crippen LogP contribution in [0.1, 0.15) is 40.2 Å². The second-order valence-electron chi connectivity index (χ2n) is 7.58. The molecule has 0 bridgehead atoms. The Balaban J connectivity index is 2.80. The first kappa shape index (κ1) is 23.0. The first-order chi connectivity index (χ1) is 12.9. The Morgan fingerprint density at radius 2 is 1.61 bits per heavy atom. The molecule has 0 aliphatic carbocycles. The van der Waals surface area contributed by atoms with Crippen molar-refractivity contribution in [2.24, 2.45) is 0 Å². The molecule has 1 aromatic rings. The SMILES string of the molecule is COC(=O)/C(=C\C(C)(C)NC(=O)OC(C)(C)C)NC(=O)OCc1ccccc1. The van der Waals surface area contributed by atoms with Crippen molar-refractivity contribution in [3.8, 4) is 0 Å². The third-order valence-electron chi connectivity index (χ3n) is 3.18. The van der Waals surface area contributed by atoms with Crippen LogP contribution in [0.2, 0.25) is 0 Å². The van der Waals surface area contributed by atoms with E-state index in [0.717, 1.165) is 5.56 Å². The van der Waals surface area contributed by atoms with E-state index >= 15 is 0 Å². The monoisotopic (exact) mass is 392 g/mol. The predicted molar refractivity (Wildman–Crippen MR) is 103 cm³/mol. The van der Waals surface area contributed by atoms with Gasteiger partial charge in [0, 0.05) is 0 Å². The van der Waals surface area contributed by atoms with Crippen LogP contribution in [0, 0.1) is 0 Å². The molecule has 0 unspecified atom stereocenters. The summed E-state index contributed by atoms with van der Waals surface area (Å²) >= 11 is 0. The fourth-order valence-corrected chi connectivity index (χ4v) is 2.09. The normalized spacial score (nSPS) is 12.0. The lowest BCUT2D eigenvalue weighted by Crippen LogP contribution is -2.45. The van der Waals surface area contributed by atoms with Crippen molar-refractivity contribution in [1.82, 2.24) is 10.6 Å². The number of rotatable bonds is 6. The summed E-state index contributed by atoms with van der Waals surface area (Å²) < 4.78 is 15.0. The maximum Gasteiger partial charge on any atom is 0.412 e. The van der Waals surface area contributed by atoms with Gasteiger partial charge in [0.1, 0.15) is 17.9 Å². The van der Waals surface area contributed by atoms with Gasteiger partial charge in [-0.05, 0) is 46.3 Å². The summed E-state index contributed by atoms with van der Waals surface area (Å²) in [5.74, 6) is -0.782. The van der Waals surface area contributed by atoms with Gasteiger partial charge < -0.3 is 19.5 Å². The minimum Gasteiger partial charge on any atom is -0.464 e. The van der Waals surface area contributed by atoms with E-state index in [-0.39, 0.29) is 12.3 Å². The van der Waals surface area contributed by atoms with Gasteiger partial charge in [-0.25, -0.2) is 14.4 Å². The number of methoxy groups -OCH3 is 1. The number of hydrogen-bond donors (Lipinski definition) is 2. The molecule has 0 aliphatic rings. The molecular weight excluding hydrogens is 364 g/mol. The summed E-state index contributed by atoms with van der Waals surface area (Å²) in [6, 6.07) is 9.10. The number of hydrogen-bond acceptors (Lipinski definition) is 6. The van der Waals surface area contributed by atoms with Crippen LogP contribution in [0.15, 0.2) is 42.1 Å². The van der Waals surface area contributed by atoms with Crippen molar-refractivity contribution in [1.29, 1.82) is 0 Å². The number of carbonyl (C=O) groups is 3. The fourth-order valence-electron chi connectivity index (χ4n) is 2.09. The minimum atomic E-state index is -1.02. The second kappa shape index (κ2) is 9.77. The predicted octanol–water partition coefficient (Wildman–Crippen LogP) is 3.27. The third-order valence-corrected chi connectivity index (χ3v) is 3.18. The molecule has 0 aliphatic heterocycles. The summed E-state index contributed by atoms with van der Waals surface area (Å²) in [4.78, 5) is 36.0. The average molecular weight is 392 g/mol. The van der Waals surface area contributed by atoms with Crippen molar-refractivity contribution in [3.05, 3.63) is 47.7 Å². The highest BCUT2D eigenvalue weighted by Gasteiger charge is 2.26. The summed E-state index contributed by atoms with van der Waals surface area (Å²) in [7, 11) is 1.18. The molecule has 0 spiro atoms. The second-order valence-corrected chi connectivity index (χ2v) is 7.58. The quantitative estimate of drug-likeness (QED) is 0.438. The van der Waals surface area contributed by atoms with Crippen molar-refractivity contribution >= 4 is 18.2 Å². The van der Waals surface area contributed by atoms with E-state index in [4.69, 9.17) is 9.47 Å². The van der Waals surface area contributed by atoms with Gasteiger partial charge in [0.15, 0.2) is 0 Å². The molecule has 0 fully saturated rings. The molecule has 154 valence electrons. The van der Waals surface area contributed by atoms with Gasteiger partial charge in [0.25, 0.3) is 0 Å². The molecule has 2 N–H and O–H groups in total. The highest BCUT2D eigenvalue weighted by atomic mass is 16.6. The number of esters is 1. The summed E-state index contributed by atoms with van der Waals surface area (Å²) in [6.07, 6.45) is -0.134. The molecular formula is C20H28N2O6. The molecule has 1 aromatic carbocycles. The number of benzene rings is 1. The zero-order valence-electron chi connectivity index (χ0n) is 17.1. The van der Waals surface area contributed by atoms with Crippen LogP contribution < -0.4 is 10.6 Å². The van der Waals surface area contributed by atoms with E-state index in [2.05, 4.69) is 15.4 Å². The molecule has 28 heavy (non-hydrogen) atoms. The van der Waals surface area contributed by atoms with Crippen molar-refractivity contribution < 1.29 is 28.6 Å². The van der Waals surface area contributed by atoms with Crippen LogP contribution in [-0.2, 0) is 25.6 Å². The largest absolute Gasteiger partial charge is 0.464 e. The van der Waals surface area contributed by atoms with E-state index < -0.39 is 29.3 Å². The fraction of sp³-hybridized carbons (Fsp3) is 0.450. The number of ether oxygens (including phenoxy) is 3. The van der Waals surface area contributed by atoms with E-state index in [0.29, 0.717) is 0 Å². The van der Waals surface area contributed by atoms with E-state index in [1.54, 1.807) is 46.8 Å².